The first-order valence-corrected chi connectivity index (χ1v) is 4.43. The van der Waals surface area contributed by atoms with Crippen LogP contribution in [-0.4, -0.2) is 30.3 Å². The van der Waals surface area contributed by atoms with E-state index in [0.717, 1.165) is 0 Å². The van der Waals surface area contributed by atoms with Gasteiger partial charge in [0.05, 0.1) is 19.3 Å². The number of carbonyl (C=O) groups is 1. The second-order valence-corrected chi connectivity index (χ2v) is 3.26. The summed E-state index contributed by atoms with van der Waals surface area (Å²) in [7, 11) is 0. The first-order chi connectivity index (χ1) is 6.75. The molecule has 4 heteroatoms. The minimum absolute atomic E-state index is 0.0995. The summed E-state index contributed by atoms with van der Waals surface area (Å²) in [5.74, 6) is -0.0725. The number of phenolic OH excluding ortho intramolecular Hbond substituents is 1. The highest BCUT2D eigenvalue weighted by Crippen LogP contribution is 2.11. The summed E-state index contributed by atoms with van der Waals surface area (Å²) in [5.41, 5.74) is 0.469. The Labute approximate surface area is 81.5 Å². The molecule has 1 heterocycles. The van der Waals surface area contributed by atoms with E-state index < -0.39 is 0 Å². The van der Waals surface area contributed by atoms with Gasteiger partial charge in [-0.2, -0.15) is 0 Å². The second-order valence-electron chi connectivity index (χ2n) is 3.26. The summed E-state index contributed by atoms with van der Waals surface area (Å²) >= 11 is 0. The van der Waals surface area contributed by atoms with Crippen molar-refractivity contribution in [2.24, 2.45) is 0 Å². The Morgan fingerprint density at radius 3 is 2.86 bits per heavy atom. The third kappa shape index (κ3) is 1.85. The number of aromatic hydroxyl groups is 1. The largest absolute Gasteiger partial charge is 0.508 e. The maximum Gasteiger partial charge on any atom is 0.251 e. The molecule has 1 aliphatic rings. The number of ether oxygens (including phenoxy) is 1. The molecule has 0 radical (unpaired) electrons. The molecular formula is C10H11NO3. The van der Waals surface area contributed by atoms with E-state index in [1.807, 2.05) is 0 Å². The van der Waals surface area contributed by atoms with E-state index in [9.17, 15) is 4.79 Å². The van der Waals surface area contributed by atoms with Crippen molar-refractivity contribution in [1.82, 2.24) is 5.32 Å². The third-order valence-electron chi connectivity index (χ3n) is 2.08. The van der Waals surface area contributed by atoms with Crippen LogP contribution >= 0.6 is 0 Å². The van der Waals surface area contributed by atoms with Crippen LogP contribution in [0, 0.1) is 0 Å². The van der Waals surface area contributed by atoms with E-state index in [4.69, 9.17) is 9.84 Å². The van der Waals surface area contributed by atoms with Gasteiger partial charge in [-0.3, -0.25) is 4.79 Å². The maximum atomic E-state index is 11.5. The zero-order valence-electron chi connectivity index (χ0n) is 7.56. The van der Waals surface area contributed by atoms with Crippen LogP contribution in [0.1, 0.15) is 10.4 Å². The lowest BCUT2D eigenvalue weighted by molar-refractivity contribution is -0.00346. The molecule has 1 saturated heterocycles. The minimum atomic E-state index is -0.172. The molecule has 1 amide bonds. The molecule has 0 aliphatic carbocycles. The van der Waals surface area contributed by atoms with Crippen LogP contribution in [0.25, 0.3) is 0 Å². The van der Waals surface area contributed by atoms with Crippen LogP contribution in [0.3, 0.4) is 0 Å². The van der Waals surface area contributed by atoms with Gasteiger partial charge in [0.1, 0.15) is 5.75 Å². The fourth-order valence-electron chi connectivity index (χ4n) is 1.23. The number of rotatable bonds is 2. The quantitative estimate of drug-likeness (QED) is 0.720. The van der Waals surface area contributed by atoms with Crippen LogP contribution in [0.2, 0.25) is 0 Å². The molecule has 2 rings (SSSR count). The van der Waals surface area contributed by atoms with Gasteiger partial charge in [-0.15, -0.1) is 0 Å². The second kappa shape index (κ2) is 3.67. The lowest BCUT2D eigenvalue weighted by atomic mass is 10.1. The Balaban J connectivity index is 2.02. The Bertz CT molecular complexity index is 347. The molecule has 14 heavy (non-hydrogen) atoms. The van der Waals surface area contributed by atoms with Crippen molar-refractivity contribution < 1.29 is 14.6 Å². The van der Waals surface area contributed by atoms with E-state index in [-0.39, 0.29) is 17.7 Å². The van der Waals surface area contributed by atoms with Crippen molar-refractivity contribution in [1.29, 1.82) is 0 Å². The fraction of sp³-hybridized carbons (Fsp3) is 0.300. The standard InChI is InChI=1S/C10H11NO3/c12-9-3-1-2-7(4-9)10(13)11-8-5-14-6-8/h1-4,8,12H,5-6H2,(H,11,13). The number of amides is 1. The van der Waals surface area contributed by atoms with Gasteiger partial charge in [0, 0.05) is 5.56 Å². The Morgan fingerprint density at radius 2 is 2.29 bits per heavy atom. The fourth-order valence-corrected chi connectivity index (χ4v) is 1.23. The number of nitrogens with one attached hydrogen (secondary N) is 1. The highest BCUT2D eigenvalue weighted by molar-refractivity contribution is 5.94. The molecular weight excluding hydrogens is 182 g/mol. The number of hydrogen-bond donors (Lipinski definition) is 2. The van der Waals surface area contributed by atoms with Crippen LogP contribution in [0.5, 0.6) is 5.75 Å². The summed E-state index contributed by atoms with van der Waals surface area (Å²) < 4.78 is 4.93. The van der Waals surface area contributed by atoms with Crippen molar-refractivity contribution in [3.63, 3.8) is 0 Å². The molecule has 0 saturated carbocycles. The summed E-state index contributed by atoms with van der Waals surface area (Å²) in [4.78, 5) is 11.5. The zero-order valence-corrected chi connectivity index (χ0v) is 7.56. The van der Waals surface area contributed by atoms with Crippen LogP contribution in [0.4, 0.5) is 0 Å². The Hall–Kier alpha value is -1.55. The molecule has 4 nitrogen and oxygen atoms in total. The predicted molar refractivity (Wildman–Crippen MR) is 50.2 cm³/mol. The SMILES string of the molecule is O=C(NC1COC1)c1cccc(O)c1. The number of carbonyl (C=O) groups excluding carboxylic acids is 1. The summed E-state index contributed by atoms with van der Waals surface area (Å²) in [5, 5.41) is 11.9. The molecule has 1 aromatic rings. The van der Waals surface area contributed by atoms with Crippen molar-refractivity contribution in [3.8, 4) is 5.75 Å². The molecule has 1 fully saturated rings. The number of hydrogen-bond acceptors (Lipinski definition) is 3. The van der Waals surface area contributed by atoms with Crippen molar-refractivity contribution in [3.05, 3.63) is 29.8 Å². The highest BCUT2D eigenvalue weighted by atomic mass is 16.5. The molecule has 2 N–H and O–H groups in total. The molecule has 0 bridgehead atoms. The van der Waals surface area contributed by atoms with Crippen LogP contribution in [-0.2, 0) is 4.74 Å². The number of benzene rings is 1. The molecule has 0 unspecified atom stereocenters. The van der Waals surface area contributed by atoms with Crippen LogP contribution < -0.4 is 5.32 Å². The van der Waals surface area contributed by atoms with Crippen molar-refractivity contribution in [2.75, 3.05) is 13.2 Å². The topological polar surface area (TPSA) is 58.6 Å². The molecule has 1 aromatic carbocycles. The van der Waals surface area contributed by atoms with Gasteiger partial charge in [0.25, 0.3) is 5.91 Å². The first-order valence-electron chi connectivity index (χ1n) is 4.43. The van der Waals surface area contributed by atoms with E-state index in [0.29, 0.717) is 18.8 Å². The molecule has 0 atom stereocenters. The average molecular weight is 193 g/mol. The summed E-state index contributed by atoms with van der Waals surface area (Å²) in [6, 6.07) is 6.39. The Kier molecular flexibility index (Phi) is 2.37. The molecule has 0 aromatic heterocycles. The lowest BCUT2D eigenvalue weighted by Gasteiger charge is -2.26. The third-order valence-corrected chi connectivity index (χ3v) is 2.08. The normalized spacial score (nSPS) is 16.0. The molecule has 74 valence electrons. The van der Waals surface area contributed by atoms with Gasteiger partial charge in [-0.1, -0.05) is 6.07 Å². The first kappa shape index (κ1) is 9.02. The van der Waals surface area contributed by atoms with Gasteiger partial charge in [0.15, 0.2) is 0 Å². The average Bonchev–Trinajstić information content (AvgIpc) is 2.11. The van der Waals surface area contributed by atoms with E-state index in [1.54, 1.807) is 12.1 Å². The summed E-state index contributed by atoms with van der Waals surface area (Å²) in [6.07, 6.45) is 0. The van der Waals surface area contributed by atoms with Gasteiger partial charge in [0.2, 0.25) is 0 Å². The van der Waals surface area contributed by atoms with Crippen molar-refractivity contribution >= 4 is 5.91 Å². The van der Waals surface area contributed by atoms with Gasteiger partial charge >= 0.3 is 0 Å². The zero-order chi connectivity index (χ0) is 9.97. The van der Waals surface area contributed by atoms with Gasteiger partial charge in [-0.25, -0.2) is 0 Å². The van der Waals surface area contributed by atoms with E-state index in [2.05, 4.69) is 5.32 Å². The smallest absolute Gasteiger partial charge is 0.251 e. The predicted octanol–water partition coefficient (Wildman–Crippen LogP) is 0.521. The van der Waals surface area contributed by atoms with Gasteiger partial charge in [-0.05, 0) is 18.2 Å². The summed E-state index contributed by atoms with van der Waals surface area (Å²) in [6.45, 7) is 1.15. The Morgan fingerprint density at radius 1 is 1.50 bits per heavy atom. The lowest BCUT2D eigenvalue weighted by Crippen LogP contribution is -2.48. The molecule has 1 aliphatic heterocycles. The number of phenols is 1. The van der Waals surface area contributed by atoms with Crippen LogP contribution in [0.15, 0.2) is 24.3 Å². The van der Waals surface area contributed by atoms with Gasteiger partial charge < -0.3 is 15.2 Å². The minimum Gasteiger partial charge on any atom is -0.508 e. The van der Waals surface area contributed by atoms with E-state index >= 15 is 0 Å². The molecule has 0 spiro atoms. The highest BCUT2D eigenvalue weighted by Gasteiger charge is 2.20. The van der Waals surface area contributed by atoms with E-state index in [1.165, 1.54) is 12.1 Å². The monoisotopic (exact) mass is 193 g/mol. The van der Waals surface area contributed by atoms with Crippen molar-refractivity contribution in [2.45, 2.75) is 6.04 Å². The maximum absolute atomic E-state index is 11.5.